The zero-order valence-electron chi connectivity index (χ0n) is 21.4. The molecule has 0 radical (unpaired) electrons. The molecule has 10 nitrogen and oxygen atoms in total. The average molecular weight is 498 g/mol. The molecule has 1 saturated heterocycles. The molecule has 0 bridgehead atoms. The van der Waals surface area contributed by atoms with Gasteiger partial charge in [0.2, 0.25) is 5.96 Å². The number of hydrogen-bond donors (Lipinski definition) is 0. The standard InChI is InChI=1S/C23H33F2N5O5/c1-22(2,3)34-19(31)26-18(29-13-27(7)20(32)28(8)14-29)30(21(33)35-23(4,5)6)12-15-9-10-16(24)11-17(15)25/h9-11H,12-14H2,1-8H3/b26-18+. The van der Waals surface area contributed by atoms with Crippen LogP contribution in [0.1, 0.15) is 47.1 Å². The first kappa shape index (κ1) is 27.8. The third-order valence-corrected chi connectivity index (χ3v) is 4.49. The zero-order chi connectivity index (χ0) is 26.7. The van der Waals surface area contributed by atoms with Crippen LogP contribution < -0.4 is 0 Å². The van der Waals surface area contributed by atoms with E-state index in [0.717, 1.165) is 11.0 Å². The fourth-order valence-corrected chi connectivity index (χ4v) is 3.12. The largest absolute Gasteiger partial charge is 0.443 e. The summed E-state index contributed by atoms with van der Waals surface area (Å²) < 4.78 is 38.8. The fourth-order valence-electron chi connectivity index (χ4n) is 3.12. The van der Waals surface area contributed by atoms with Crippen molar-refractivity contribution in [1.82, 2.24) is 19.6 Å². The molecule has 0 spiro atoms. The van der Waals surface area contributed by atoms with Gasteiger partial charge in [-0.1, -0.05) is 6.07 Å². The number of halogens is 2. The summed E-state index contributed by atoms with van der Waals surface area (Å²) in [6.45, 7) is 9.41. The molecule has 0 unspecified atom stereocenters. The van der Waals surface area contributed by atoms with Crippen molar-refractivity contribution in [3.8, 4) is 0 Å². The molecule has 1 fully saturated rings. The van der Waals surface area contributed by atoms with E-state index in [1.54, 1.807) is 41.5 Å². The molecule has 4 amide bonds. The Morgan fingerprint density at radius 3 is 2.03 bits per heavy atom. The van der Waals surface area contributed by atoms with Gasteiger partial charge in [-0.05, 0) is 47.6 Å². The summed E-state index contributed by atoms with van der Waals surface area (Å²) in [4.78, 5) is 47.4. The minimum absolute atomic E-state index is 0.0317. The Balaban J connectivity index is 2.60. The molecular weight excluding hydrogens is 464 g/mol. The summed E-state index contributed by atoms with van der Waals surface area (Å²) in [6, 6.07) is 2.64. The van der Waals surface area contributed by atoms with Crippen LogP contribution in [0, 0.1) is 11.6 Å². The third kappa shape index (κ3) is 8.08. The van der Waals surface area contributed by atoms with E-state index < -0.39 is 41.6 Å². The summed E-state index contributed by atoms with van der Waals surface area (Å²) in [5, 5.41) is 0. The number of guanidine groups is 1. The predicted molar refractivity (Wildman–Crippen MR) is 124 cm³/mol. The normalized spacial score (nSPS) is 15.3. The van der Waals surface area contributed by atoms with Crippen molar-refractivity contribution in [2.75, 3.05) is 27.4 Å². The van der Waals surface area contributed by atoms with E-state index in [4.69, 9.17) is 9.47 Å². The van der Waals surface area contributed by atoms with E-state index in [1.807, 2.05) is 0 Å². The first-order valence-corrected chi connectivity index (χ1v) is 10.9. The first-order valence-electron chi connectivity index (χ1n) is 10.9. The number of aliphatic imine (C=N–C) groups is 1. The highest BCUT2D eigenvalue weighted by Crippen LogP contribution is 2.20. The molecule has 0 atom stereocenters. The fraction of sp³-hybridized carbons (Fsp3) is 0.565. The van der Waals surface area contributed by atoms with E-state index in [-0.39, 0.29) is 30.9 Å². The quantitative estimate of drug-likeness (QED) is 0.449. The molecule has 2 rings (SSSR count). The molecule has 1 aromatic carbocycles. The lowest BCUT2D eigenvalue weighted by atomic mass is 10.2. The van der Waals surface area contributed by atoms with Gasteiger partial charge in [-0.3, -0.25) is 0 Å². The second kappa shape index (κ2) is 10.4. The van der Waals surface area contributed by atoms with Crippen molar-refractivity contribution in [1.29, 1.82) is 0 Å². The van der Waals surface area contributed by atoms with Gasteiger partial charge in [-0.15, -0.1) is 4.99 Å². The third-order valence-electron chi connectivity index (χ3n) is 4.49. The Kier molecular flexibility index (Phi) is 8.30. The van der Waals surface area contributed by atoms with E-state index >= 15 is 0 Å². The Morgan fingerprint density at radius 1 is 1.00 bits per heavy atom. The van der Waals surface area contributed by atoms with Crippen LogP contribution in [-0.2, 0) is 16.0 Å². The predicted octanol–water partition coefficient (Wildman–Crippen LogP) is 4.21. The number of hydrogen-bond acceptors (Lipinski definition) is 5. The summed E-state index contributed by atoms with van der Waals surface area (Å²) in [6.07, 6.45) is -1.92. The van der Waals surface area contributed by atoms with Gasteiger partial charge < -0.3 is 24.2 Å². The topological polar surface area (TPSA) is 95.0 Å². The number of urea groups is 1. The van der Waals surface area contributed by atoms with Crippen LogP contribution in [0.4, 0.5) is 23.2 Å². The molecule has 0 saturated carbocycles. The van der Waals surface area contributed by atoms with E-state index in [1.165, 1.54) is 34.9 Å². The molecule has 1 aromatic rings. The van der Waals surface area contributed by atoms with Gasteiger partial charge in [0, 0.05) is 25.7 Å². The molecule has 0 aliphatic carbocycles. The second-order valence-electron chi connectivity index (χ2n) is 10.2. The maximum atomic E-state index is 14.6. The Bertz CT molecular complexity index is 989. The van der Waals surface area contributed by atoms with Crippen molar-refractivity contribution < 1.29 is 32.6 Å². The van der Waals surface area contributed by atoms with Crippen molar-refractivity contribution in [3.05, 3.63) is 35.4 Å². The highest BCUT2D eigenvalue weighted by Gasteiger charge is 2.35. The van der Waals surface area contributed by atoms with Gasteiger partial charge in [-0.25, -0.2) is 28.1 Å². The smallest absolute Gasteiger partial charge is 0.437 e. The SMILES string of the molecule is CN1CN(/C(=N\C(=O)OC(C)(C)C)N(Cc2ccc(F)cc2F)C(=O)OC(C)(C)C)CN(C)C1=O. The molecule has 194 valence electrons. The molecule has 35 heavy (non-hydrogen) atoms. The van der Waals surface area contributed by atoms with Crippen LogP contribution >= 0.6 is 0 Å². The van der Waals surface area contributed by atoms with Crippen LogP contribution in [-0.4, -0.2) is 82.4 Å². The Labute approximate surface area is 204 Å². The molecular formula is C23H33F2N5O5. The summed E-state index contributed by atoms with van der Waals surface area (Å²) in [7, 11) is 3.07. The first-order chi connectivity index (χ1) is 16.0. The van der Waals surface area contributed by atoms with Gasteiger partial charge >= 0.3 is 18.2 Å². The van der Waals surface area contributed by atoms with Crippen molar-refractivity contribution in [3.63, 3.8) is 0 Å². The average Bonchev–Trinajstić information content (AvgIpc) is 2.67. The number of benzene rings is 1. The van der Waals surface area contributed by atoms with Gasteiger partial charge in [-0.2, -0.15) is 0 Å². The van der Waals surface area contributed by atoms with Crippen molar-refractivity contribution >= 4 is 24.2 Å². The Morgan fingerprint density at radius 2 is 1.54 bits per heavy atom. The van der Waals surface area contributed by atoms with Gasteiger partial charge in [0.15, 0.2) is 0 Å². The van der Waals surface area contributed by atoms with E-state index in [2.05, 4.69) is 4.99 Å². The van der Waals surface area contributed by atoms with Crippen LogP contribution in [0.2, 0.25) is 0 Å². The highest BCUT2D eigenvalue weighted by atomic mass is 19.1. The number of carbonyl (C=O) groups excluding carboxylic acids is 3. The number of nitrogens with zero attached hydrogens (tertiary/aromatic N) is 5. The maximum absolute atomic E-state index is 14.6. The zero-order valence-corrected chi connectivity index (χ0v) is 21.4. The van der Waals surface area contributed by atoms with Gasteiger partial charge in [0.05, 0.1) is 19.9 Å². The molecule has 0 N–H and O–H groups in total. The maximum Gasteiger partial charge on any atom is 0.437 e. The summed E-state index contributed by atoms with van der Waals surface area (Å²) in [5.41, 5.74) is -1.85. The number of rotatable bonds is 2. The molecule has 0 aromatic heterocycles. The Hall–Kier alpha value is -3.44. The molecule has 1 heterocycles. The van der Waals surface area contributed by atoms with Crippen LogP contribution in [0.3, 0.4) is 0 Å². The molecule has 1 aliphatic rings. The summed E-state index contributed by atoms with van der Waals surface area (Å²) in [5.74, 6) is -1.89. The minimum atomic E-state index is -0.997. The number of ether oxygens (including phenoxy) is 2. The number of amides is 4. The number of carbonyl (C=O) groups is 3. The van der Waals surface area contributed by atoms with Crippen LogP contribution in [0.15, 0.2) is 23.2 Å². The van der Waals surface area contributed by atoms with Crippen molar-refractivity contribution in [2.24, 2.45) is 4.99 Å². The lowest BCUT2D eigenvalue weighted by Crippen LogP contribution is -2.60. The lowest BCUT2D eigenvalue weighted by Gasteiger charge is -2.42. The monoisotopic (exact) mass is 497 g/mol. The van der Waals surface area contributed by atoms with Gasteiger partial charge in [0.25, 0.3) is 0 Å². The van der Waals surface area contributed by atoms with Crippen molar-refractivity contribution in [2.45, 2.75) is 59.3 Å². The summed E-state index contributed by atoms with van der Waals surface area (Å²) >= 11 is 0. The van der Waals surface area contributed by atoms with Gasteiger partial charge in [0.1, 0.15) is 22.8 Å². The van der Waals surface area contributed by atoms with Crippen LogP contribution in [0.25, 0.3) is 0 Å². The van der Waals surface area contributed by atoms with E-state index in [0.29, 0.717) is 6.07 Å². The highest BCUT2D eigenvalue weighted by molar-refractivity contribution is 5.99. The second-order valence-corrected chi connectivity index (χ2v) is 10.2. The molecule has 1 aliphatic heterocycles. The molecule has 12 heteroatoms. The lowest BCUT2D eigenvalue weighted by molar-refractivity contribution is 0.0299. The van der Waals surface area contributed by atoms with Crippen LogP contribution in [0.5, 0.6) is 0 Å². The minimum Gasteiger partial charge on any atom is -0.443 e. The van der Waals surface area contributed by atoms with E-state index in [9.17, 15) is 23.2 Å².